The van der Waals surface area contributed by atoms with Gasteiger partial charge in [0, 0.05) is 24.2 Å². The van der Waals surface area contributed by atoms with Crippen LogP contribution in [0.2, 0.25) is 4.34 Å². The van der Waals surface area contributed by atoms with E-state index in [0.717, 1.165) is 10.6 Å². The van der Waals surface area contributed by atoms with Crippen molar-refractivity contribution in [1.82, 2.24) is 0 Å². The SMILES string of the molecule is CN(CC(O)c1ccc(Cl)s1)c1ccccc1. The molecular formula is C13H14ClNOS. The molecule has 2 nitrogen and oxygen atoms in total. The van der Waals surface area contributed by atoms with Crippen LogP contribution in [0.25, 0.3) is 0 Å². The molecule has 0 radical (unpaired) electrons. The molecule has 0 fully saturated rings. The molecule has 0 bridgehead atoms. The summed E-state index contributed by atoms with van der Waals surface area (Å²) in [6.45, 7) is 0.556. The van der Waals surface area contributed by atoms with Gasteiger partial charge in [-0.25, -0.2) is 0 Å². The summed E-state index contributed by atoms with van der Waals surface area (Å²) in [7, 11) is 1.97. The lowest BCUT2D eigenvalue weighted by Crippen LogP contribution is -2.23. The summed E-state index contributed by atoms with van der Waals surface area (Å²) in [6.07, 6.45) is -0.502. The van der Waals surface area contributed by atoms with Gasteiger partial charge in [-0.2, -0.15) is 0 Å². The zero-order chi connectivity index (χ0) is 12.3. The second-order valence-electron chi connectivity index (χ2n) is 3.87. The van der Waals surface area contributed by atoms with Crippen molar-refractivity contribution >= 4 is 28.6 Å². The summed E-state index contributed by atoms with van der Waals surface area (Å²) >= 11 is 7.27. The van der Waals surface area contributed by atoms with Crippen LogP contribution in [0.5, 0.6) is 0 Å². The minimum Gasteiger partial charge on any atom is -0.386 e. The largest absolute Gasteiger partial charge is 0.386 e. The summed E-state index contributed by atoms with van der Waals surface area (Å²) in [5, 5.41) is 10.1. The molecule has 90 valence electrons. The van der Waals surface area contributed by atoms with Gasteiger partial charge in [-0.15, -0.1) is 11.3 Å². The smallest absolute Gasteiger partial charge is 0.106 e. The average Bonchev–Trinajstić information content (AvgIpc) is 2.77. The van der Waals surface area contributed by atoms with Gasteiger partial charge in [0.2, 0.25) is 0 Å². The molecule has 1 unspecified atom stereocenters. The molecule has 2 rings (SSSR count). The second kappa shape index (κ2) is 5.54. The summed E-state index contributed by atoms with van der Waals surface area (Å²) in [6, 6.07) is 13.7. The van der Waals surface area contributed by atoms with E-state index in [4.69, 9.17) is 11.6 Å². The molecule has 0 saturated heterocycles. The average molecular weight is 268 g/mol. The van der Waals surface area contributed by atoms with Crippen molar-refractivity contribution < 1.29 is 5.11 Å². The van der Waals surface area contributed by atoms with E-state index >= 15 is 0 Å². The Bertz CT molecular complexity index is 471. The number of benzene rings is 1. The number of anilines is 1. The highest BCUT2D eigenvalue weighted by Gasteiger charge is 2.13. The predicted molar refractivity (Wildman–Crippen MR) is 74.0 cm³/mol. The number of halogens is 1. The van der Waals surface area contributed by atoms with E-state index in [1.165, 1.54) is 11.3 Å². The number of hydrogen-bond acceptors (Lipinski definition) is 3. The van der Waals surface area contributed by atoms with Gasteiger partial charge in [-0.3, -0.25) is 0 Å². The zero-order valence-corrected chi connectivity index (χ0v) is 11.1. The van der Waals surface area contributed by atoms with Gasteiger partial charge < -0.3 is 10.0 Å². The van der Waals surface area contributed by atoms with Gasteiger partial charge in [-0.1, -0.05) is 29.8 Å². The van der Waals surface area contributed by atoms with Gasteiger partial charge in [0.25, 0.3) is 0 Å². The van der Waals surface area contributed by atoms with Crippen LogP contribution in [0.1, 0.15) is 11.0 Å². The highest BCUT2D eigenvalue weighted by atomic mass is 35.5. The number of rotatable bonds is 4. The third-order valence-corrected chi connectivity index (χ3v) is 3.90. The number of hydrogen-bond donors (Lipinski definition) is 1. The third kappa shape index (κ3) is 3.22. The van der Waals surface area contributed by atoms with E-state index in [2.05, 4.69) is 0 Å². The van der Waals surface area contributed by atoms with E-state index in [1.807, 2.05) is 54.4 Å². The van der Waals surface area contributed by atoms with Crippen LogP contribution in [0.15, 0.2) is 42.5 Å². The Labute approximate surface area is 110 Å². The maximum atomic E-state index is 10.1. The zero-order valence-electron chi connectivity index (χ0n) is 9.51. The molecule has 0 saturated carbocycles. The first-order valence-corrected chi connectivity index (χ1v) is 6.56. The first kappa shape index (κ1) is 12.4. The van der Waals surface area contributed by atoms with E-state index in [0.29, 0.717) is 10.9 Å². The lowest BCUT2D eigenvalue weighted by atomic mass is 10.2. The standard InChI is InChI=1S/C13H14ClNOS/c1-15(10-5-3-2-4-6-10)9-11(16)12-7-8-13(14)17-12/h2-8,11,16H,9H2,1H3. The maximum absolute atomic E-state index is 10.1. The molecule has 0 amide bonds. The number of para-hydroxylation sites is 1. The van der Waals surface area contributed by atoms with Crippen molar-refractivity contribution in [2.75, 3.05) is 18.5 Å². The second-order valence-corrected chi connectivity index (χ2v) is 5.62. The first-order valence-electron chi connectivity index (χ1n) is 5.36. The monoisotopic (exact) mass is 267 g/mol. The lowest BCUT2D eigenvalue weighted by molar-refractivity contribution is 0.189. The molecule has 1 N–H and O–H groups in total. The van der Waals surface area contributed by atoms with Crippen molar-refractivity contribution in [3.63, 3.8) is 0 Å². The fourth-order valence-corrected chi connectivity index (χ4v) is 2.68. The Hall–Kier alpha value is -1.03. The molecule has 0 aliphatic rings. The molecule has 0 aliphatic heterocycles. The number of aliphatic hydroxyl groups excluding tert-OH is 1. The third-order valence-electron chi connectivity index (χ3n) is 2.57. The molecule has 0 aliphatic carbocycles. The fraction of sp³-hybridized carbons (Fsp3) is 0.231. The summed E-state index contributed by atoms with van der Waals surface area (Å²) in [4.78, 5) is 2.93. The van der Waals surface area contributed by atoms with E-state index in [-0.39, 0.29) is 0 Å². The molecule has 2 aromatic rings. The molecule has 17 heavy (non-hydrogen) atoms. The Morgan fingerprint density at radius 1 is 1.24 bits per heavy atom. The van der Waals surface area contributed by atoms with Crippen molar-refractivity contribution in [3.05, 3.63) is 51.7 Å². The molecular weight excluding hydrogens is 254 g/mol. The highest BCUT2D eigenvalue weighted by molar-refractivity contribution is 7.16. The van der Waals surface area contributed by atoms with Crippen LogP contribution < -0.4 is 4.90 Å². The lowest BCUT2D eigenvalue weighted by Gasteiger charge is -2.22. The number of nitrogens with zero attached hydrogens (tertiary/aromatic N) is 1. The Morgan fingerprint density at radius 3 is 2.53 bits per heavy atom. The summed E-state index contributed by atoms with van der Waals surface area (Å²) in [5.41, 5.74) is 1.09. The van der Waals surface area contributed by atoms with Crippen LogP contribution in [0.3, 0.4) is 0 Å². The Kier molecular flexibility index (Phi) is 4.05. The Balaban J connectivity index is 2.02. The van der Waals surface area contributed by atoms with Gasteiger partial charge in [0.1, 0.15) is 6.10 Å². The Morgan fingerprint density at radius 2 is 1.94 bits per heavy atom. The normalized spacial score (nSPS) is 12.4. The summed E-state index contributed by atoms with van der Waals surface area (Å²) in [5.74, 6) is 0. The molecule has 1 aromatic carbocycles. The predicted octanol–water partition coefficient (Wildman–Crippen LogP) is 3.57. The van der Waals surface area contributed by atoms with Crippen molar-refractivity contribution in [2.24, 2.45) is 0 Å². The number of likely N-dealkylation sites (N-methyl/N-ethyl adjacent to an activating group) is 1. The highest BCUT2D eigenvalue weighted by Crippen LogP contribution is 2.27. The molecule has 4 heteroatoms. The van der Waals surface area contributed by atoms with E-state index in [1.54, 1.807) is 0 Å². The fourth-order valence-electron chi connectivity index (χ4n) is 1.64. The van der Waals surface area contributed by atoms with Crippen LogP contribution in [-0.2, 0) is 0 Å². The van der Waals surface area contributed by atoms with Gasteiger partial charge >= 0.3 is 0 Å². The van der Waals surface area contributed by atoms with Crippen molar-refractivity contribution in [2.45, 2.75) is 6.10 Å². The molecule has 1 heterocycles. The number of thiophene rings is 1. The van der Waals surface area contributed by atoms with Gasteiger partial charge in [0.15, 0.2) is 0 Å². The molecule has 1 aromatic heterocycles. The first-order chi connectivity index (χ1) is 8.16. The van der Waals surface area contributed by atoms with Crippen LogP contribution in [-0.4, -0.2) is 18.7 Å². The number of aliphatic hydroxyl groups is 1. The van der Waals surface area contributed by atoms with E-state index < -0.39 is 6.10 Å². The van der Waals surface area contributed by atoms with Gasteiger partial charge in [0.05, 0.1) is 4.34 Å². The maximum Gasteiger partial charge on any atom is 0.106 e. The quantitative estimate of drug-likeness (QED) is 0.915. The minimum absolute atomic E-state index is 0.502. The van der Waals surface area contributed by atoms with Gasteiger partial charge in [-0.05, 0) is 24.3 Å². The van der Waals surface area contributed by atoms with Crippen LogP contribution in [0, 0.1) is 0 Å². The minimum atomic E-state index is -0.502. The van der Waals surface area contributed by atoms with Crippen LogP contribution in [0.4, 0.5) is 5.69 Å². The summed E-state index contributed by atoms with van der Waals surface area (Å²) < 4.78 is 0.710. The van der Waals surface area contributed by atoms with Crippen LogP contribution >= 0.6 is 22.9 Å². The van der Waals surface area contributed by atoms with E-state index in [9.17, 15) is 5.11 Å². The van der Waals surface area contributed by atoms with Crippen molar-refractivity contribution in [3.8, 4) is 0 Å². The van der Waals surface area contributed by atoms with Crippen molar-refractivity contribution in [1.29, 1.82) is 0 Å². The molecule has 1 atom stereocenters. The topological polar surface area (TPSA) is 23.5 Å². The molecule has 0 spiro atoms.